The number of benzene rings is 3. The maximum absolute atomic E-state index is 13.4. The topological polar surface area (TPSA) is 69.7 Å². The van der Waals surface area contributed by atoms with E-state index in [0.717, 1.165) is 27.4 Å². The maximum Gasteiger partial charge on any atom is 0.257 e. The number of hydrogen-bond donors (Lipinski definition) is 1. The van der Waals surface area contributed by atoms with Gasteiger partial charge in [-0.1, -0.05) is 12.1 Å². The number of carbonyl (C=O) groups excluding carboxylic acids is 1. The Labute approximate surface area is 201 Å². The first kappa shape index (κ1) is 23.3. The molecule has 0 radical (unpaired) electrons. The van der Waals surface area contributed by atoms with Crippen molar-refractivity contribution in [2.75, 3.05) is 26.6 Å². The van der Waals surface area contributed by atoms with Crippen molar-refractivity contribution in [3.05, 3.63) is 88.6 Å². The minimum absolute atomic E-state index is 0.286. The molecule has 0 atom stereocenters. The Bertz CT molecular complexity index is 1290. The molecule has 0 fully saturated rings. The average Bonchev–Trinajstić information content (AvgIpc) is 3.26. The quantitative estimate of drug-likeness (QED) is 0.346. The lowest BCUT2D eigenvalue weighted by atomic mass is 10.1. The lowest BCUT2D eigenvalue weighted by Crippen LogP contribution is -2.12. The smallest absolute Gasteiger partial charge is 0.257 e. The second-order valence-electron chi connectivity index (χ2n) is 7.35. The van der Waals surface area contributed by atoms with E-state index in [-0.39, 0.29) is 11.7 Å². The summed E-state index contributed by atoms with van der Waals surface area (Å²) >= 11 is 1.38. The van der Waals surface area contributed by atoms with Crippen molar-refractivity contribution in [3.63, 3.8) is 0 Å². The monoisotopic (exact) mass is 478 g/mol. The van der Waals surface area contributed by atoms with Gasteiger partial charge in [0, 0.05) is 22.4 Å². The molecule has 6 nitrogen and oxygen atoms in total. The molecule has 0 saturated carbocycles. The number of aromatic nitrogens is 1. The highest BCUT2D eigenvalue weighted by atomic mass is 32.1. The summed E-state index contributed by atoms with van der Waals surface area (Å²) in [4.78, 5) is 18.6. The second-order valence-corrected chi connectivity index (χ2v) is 8.43. The van der Waals surface area contributed by atoms with Crippen LogP contribution in [0.2, 0.25) is 0 Å². The fourth-order valence-corrected chi connectivity index (χ4v) is 4.45. The number of hydrogen-bond acceptors (Lipinski definition) is 6. The molecule has 4 aromatic rings. The van der Waals surface area contributed by atoms with Crippen molar-refractivity contribution in [2.45, 2.75) is 6.42 Å². The SMILES string of the molecule is COc1ccc(-c2nc(NC(=O)c3ccc(OC)c(OC)c3)sc2Cc2ccc(F)cc2)cc1. The first-order valence-electron chi connectivity index (χ1n) is 10.4. The zero-order valence-corrected chi connectivity index (χ0v) is 19.7. The van der Waals surface area contributed by atoms with E-state index in [1.807, 2.05) is 24.3 Å². The first-order valence-corrected chi connectivity index (χ1v) is 11.2. The van der Waals surface area contributed by atoms with Gasteiger partial charge < -0.3 is 14.2 Å². The van der Waals surface area contributed by atoms with Gasteiger partial charge in [-0.3, -0.25) is 10.1 Å². The second kappa shape index (κ2) is 10.4. The number of nitrogens with zero attached hydrogens (tertiary/aromatic N) is 1. The molecule has 0 aliphatic rings. The molecular weight excluding hydrogens is 455 g/mol. The summed E-state index contributed by atoms with van der Waals surface area (Å²) in [5, 5.41) is 3.34. The number of rotatable bonds is 8. The van der Waals surface area contributed by atoms with Gasteiger partial charge in [-0.25, -0.2) is 9.37 Å². The van der Waals surface area contributed by atoms with Crippen LogP contribution in [0.25, 0.3) is 11.3 Å². The summed E-state index contributed by atoms with van der Waals surface area (Å²) in [6.45, 7) is 0. The zero-order valence-electron chi connectivity index (χ0n) is 18.9. The predicted molar refractivity (Wildman–Crippen MR) is 131 cm³/mol. The van der Waals surface area contributed by atoms with E-state index in [1.54, 1.807) is 37.4 Å². The fourth-order valence-electron chi connectivity index (χ4n) is 3.43. The minimum Gasteiger partial charge on any atom is -0.497 e. The number of ether oxygens (including phenoxy) is 3. The molecule has 1 aromatic heterocycles. The van der Waals surface area contributed by atoms with Crippen LogP contribution in [-0.2, 0) is 6.42 Å². The summed E-state index contributed by atoms with van der Waals surface area (Å²) in [5.41, 5.74) is 3.00. The Morgan fingerprint density at radius 2 is 1.62 bits per heavy atom. The molecule has 0 aliphatic heterocycles. The van der Waals surface area contributed by atoms with Crippen LogP contribution in [0.3, 0.4) is 0 Å². The number of nitrogens with one attached hydrogen (secondary N) is 1. The summed E-state index contributed by atoms with van der Waals surface area (Å²) in [5.74, 6) is 1.14. The predicted octanol–water partition coefficient (Wildman–Crippen LogP) is 5.82. The van der Waals surface area contributed by atoms with Crippen molar-refractivity contribution < 1.29 is 23.4 Å². The zero-order chi connectivity index (χ0) is 24.1. The molecule has 0 saturated heterocycles. The Balaban J connectivity index is 1.65. The number of carbonyl (C=O) groups is 1. The number of thiazole rings is 1. The van der Waals surface area contributed by atoms with Crippen LogP contribution in [0, 0.1) is 5.82 Å². The van der Waals surface area contributed by atoms with E-state index < -0.39 is 0 Å². The van der Waals surface area contributed by atoms with Gasteiger partial charge >= 0.3 is 0 Å². The highest BCUT2D eigenvalue weighted by molar-refractivity contribution is 7.16. The summed E-state index contributed by atoms with van der Waals surface area (Å²) in [7, 11) is 4.67. The van der Waals surface area contributed by atoms with Gasteiger partial charge in [0.1, 0.15) is 11.6 Å². The van der Waals surface area contributed by atoms with Gasteiger partial charge in [0.25, 0.3) is 5.91 Å². The van der Waals surface area contributed by atoms with Crippen molar-refractivity contribution in [2.24, 2.45) is 0 Å². The van der Waals surface area contributed by atoms with Gasteiger partial charge in [-0.2, -0.15) is 0 Å². The van der Waals surface area contributed by atoms with Crippen LogP contribution < -0.4 is 19.5 Å². The van der Waals surface area contributed by atoms with E-state index >= 15 is 0 Å². The molecule has 1 N–H and O–H groups in total. The molecule has 8 heteroatoms. The van der Waals surface area contributed by atoms with Crippen LogP contribution in [0.15, 0.2) is 66.7 Å². The van der Waals surface area contributed by atoms with Crippen LogP contribution in [0.1, 0.15) is 20.8 Å². The molecule has 1 amide bonds. The number of amides is 1. The van der Waals surface area contributed by atoms with Gasteiger partial charge in [-0.05, 0) is 60.2 Å². The summed E-state index contributed by atoms with van der Waals surface area (Å²) < 4.78 is 29.2. The highest BCUT2D eigenvalue weighted by Crippen LogP contribution is 2.34. The standard InChI is InChI=1S/C26H23FN2O4S/c1-31-20-11-6-17(7-12-20)24-23(14-16-4-9-19(27)10-5-16)34-26(28-24)29-25(30)18-8-13-21(32-2)22(15-18)33-3/h4-13,15H,14H2,1-3H3,(H,28,29,30). The third-order valence-electron chi connectivity index (χ3n) is 5.20. The van der Waals surface area contributed by atoms with E-state index in [0.29, 0.717) is 28.6 Å². The normalized spacial score (nSPS) is 10.6. The Kier molecular flexibility index (Phi) is 7.08. The molecular formula is C26H23FN2O4S. The minimum atomic E-state index is -0.315. The number of methoxy groups -OCH3 is 3. The van der Waals surface area contributed by atoms with Crippen molar-refractivity contribution in [3.8, 4) is 28.5 Å². The third-order valence-corrected chi connectivity index (χ3v) is 6.18. The fraction of sp³-hybridized carbons (Fsp3) is 0.154. The third kappa shape index (κ3) is 5.18. The summed E-state index contributed by atoms with van der Waals surface area (Å²) in [6, 6.07) is 18.9. The molecule has 0 unspecified atom stereocenters. The maximum atomic E-state index is 13.4. The van der Waals surface area contributed by atoms with Crippen LogP contribution in [0.4, 0.5) is 9.52 Å². The molecule has 0 aliphatic carbocycles. The highest BCUT2D eigenvalue weighted by Gasteiger charge is 2.17. The lowest BCUT2D eigenvalue weighted by molar-refractivity contribution is 0.102. The van der Waals surface area contributed by atoms with E-state index in [1.165, 1.54) is 37.7 Å². The van der Waals surface area contributed by atoms with Gasteiger partial charge in [0.05, 0.1) is 27.0 Å². The van der Waals surface area contributed by atoms with Crippen molar-refractivity contribution in [1.82, 2.24) is 4.98 Å². The summed E-state index contributed by atoms with van der Waals surface area (Å²) in [6.07, 6.45) is 0.547. The van der Waals surface area contributed by atoms with E-state index in [4.69, 9.17) is 19.2 Å². The Morgan fingerprint density at radius 3 is 2.26 bits per heavy atom. The van der Waals surface area contributed by atoms with Gasteiger partial charge in [0.15, 0.2) is 16.6 Å². The Morgan fingerprint density at radius 1 is 0.912 bits per heavy atom. The van der Waals surface area contributed by atoms with Crippen molar-refractivity contribution in [1.29, 1.82) is 0 Å². The molecule has 1 heterocycles. The van der Waals surface area contributed by atoms with Crippen LogP contribution in [0.5, 0.6) is 17.2 Å². The van der Waals surface area contributed by atoms with E-state index in [2.05, 4.69) is 5.32 Å². The molecule has 4 rings (SSSR count). The molecule has 174 valence electrons. The van der Waals surface area contributed by atoms with E-state index in [9.17, 15) is 9.18 Å². The number of halogens is 1. The average molecular weight is 479 g/mol. The molecule has 34 heavy (non-hydrogen) atoms. The molecule has 0 bridgehead atoms. The Hall–Kier alpha value is -3.91. The largest absolute Gasteiger partial charge is 0.497 e. The van der Waals surface area contributed by atoms with Gasteiger partial charge in [0.2, 0.25) is 0 Å². The molecule has 0 spiro atoms. The number of anilines is 1. The van der Waals surface area contributed by atoms with Crippen LogP contribution in [-0.4, -0.2) is 32.2 Å². The first-order chi connectivity index (χ1) is 16.5. The molecule has 3 aromatic carbocycles. The lowest BCUT2D eigenvalue weighted by Gasteiger charge is -2.09. The van der Waals surface area contributed by atoms with Crippen LogP contribution >= 0.6 is 11.3 Å². The van der Waals surface area contributed by atoms with Gasteiger partial charge in [-0.15, -0.1) is 11.3 Å². The van der Waals surface area contributed by atoms with Crippen molar-refractivity contribution >= 4 is 22.4 Å².